The van der Waals surface area contributed by atoms with Crippen molar-refractivity contribution in [3.8, 4) is 21.8 Å². The van der Waals surface area contributed by atoms with Crippen molar-refractivity contribution < 1.29 is 36.8 Å². The molecule has 0 unspecified atom stereocenters. The van der Waals surface area contributed by atoms with Gasteiger partial charge in [0.1, 0.15) is 6.04 Å². The number of hydrogen-bond acceptors (Lipinski definition) is 14. The molecular formula is C45H51FN10O7S2. The van der Waals surface area contributed by atoms with Crippen LogP contribution in [0.3, 0.4) is 0 Å². The molecule has 4 aromatic rings. The number of anilines is 3. The van der Waals surface area contributed by atoms with Crippen LogP contribution in [0, 0.1) is 11.2 Å². The van der Waals surface area contributed by atoms with Gasteiger partial charge in [-0.2, -0.15) is 0 Å². The van der Waals surface area contributed by atoms with Crippen LogP contribution in [0.25, 0.3) is 21.8 Å². The summed E-state index contributed by atoms with van der Waals surface area (Å²) in [5.41, 5.74) is 8.28. The third-order valence-electron chi connectivity index (χ3n) is 13.6. The Morgan fingerprint density at radius 3 is 2.37 bits per heavy atom. The zero-order valence-electron chi connectivity index (χ0n) is 36.1. The average Bonchev–Trinajstić information content (AvgIpc) is 3.83. The van der Waals surface area contributed by atoms with E-state index in [1.165, 1.54) is 17.4 Å². The molecule has 4 N–H and O–H groups in total. The fraction of sp³-hybridized carbons (Fsp3) is 0.467. The van der Waals surface area contributed by atoms with E-state index in [9.17, 15) is 32.4 Å². The van der Waals surface area contributed by atoms with Crippen molar-refractivity contribution in [3.63, 3.8) is 0 Å². The van der Waals surface area contributed by atoms with E-state index in [-0.39, 0.29) is 64.2 Å². The second-order valence-corrected chi connectivity index (χ2v) is 20.6. The molecule has 4 fully saturated rings. The quantitative estimate of drug-likeness (QED) is 0.175. The number of piperazine rings is 1. The molecule has 4 aliphatic heterocycles. The minimum absolute atomic E-state index is 0.0593. The fourth-order valence-corrected chi connectivity index (χ4v) is 12.3. The van der Waals surface area contributed by atoms with Gasteiger partial charge >= 0.3 is 0 Å². The van der Waals surface area contributed by atoms with Gasteiger partial charge in [-0.1, -0.05) is 13.0 Å². The smallest absolute Gasteiger partial charge is 0.262 e. The van der Waals surface area contributed by atoms with Crippen molar-refractivity contribution >= 4 is 68.2 Å². The Kier molecular flexibility index (Phi) is 12.2. The zero-order valence-corrected chi connectivity index (χ0v) is 37.7. The summed E-state index contributed by atoms with van der Waals surface area (Å²) in [6.07, 6.45) is 7.67. The molecule has 1 atom stereocenters. The minimum atomic E-state index is -3.74. The molecule has 9 rings (SSSR count). The van der Waals surface area contributed by atoms with E-state index in [1.807, 2.05) is 11.0 Å². The number of likely N-dealkylation sites (tertiary alicyclic amines) is 1. The molecular weight excluding hydrogens is 876 g/mol. The summed E-state index contributed by atoms with van der Waals surface area (Å²) in [6, 6.07) is 10.4. The normalized spacial score (nSPS) is 20.6. The molecule has 342 valence electrons. The van der Waals surface area contributed by atoms with Crippen LogP contribution < -0.4 is 20.7 Å². The second-order valence-electron chi connectivity index (χ2n) is 17.7. The lowest BCUT2D eigenvalue weighted by Gasteiger charge is -2.46. The highest BCUT2D eigenvalue weighted by atomic mass is 32.2. The van der Waals surface area contributed by atoms with Gasteiger partial charge in [0.25, 0.3) is 11.8 Å². The summed E-state index contributed by atoms with van der Waals surface area (Å²) >= 11 is 1.45. The Hall–Kier alpha value is -5.86. The standard InChI is InChI=1S/C45H51FN10O7S2/c1-2-24-65(62,63)52-32-5-3-4-30(37(32)46)38-39(33-12-17-48-44(47)49-33)64-41(51-38)27-10-13-45(14-11-27)15-18-55(19-16-45)36(58)26-53-20-22-54(23-21-53)28-6-7-29-31(25-28)43(61)56(42(29)60)34-8-9-35(57)50-40(34)59/h3-7,12,17,25,27,34,52H,2,8-11,13-16,18-24,26H2,1H3,(H2,47,48,49)(H,50,57,59)/t34-/m1/s1. The molecule has 5 amide bonds. The predicted molar refractivity (Wildman–Crippen MR) is 242 cm³/mol. The van der Waals surface area contributed by atoms with Gasteiger partial charge in [-0.3, -0.25) is 43.8 Å². The Labute approximate surface area is 380 Å². The topological polar surface area (TPSA) is 221 Å². The number of rotatable bonds is 11. The van der Waals surface area contributed by atoms with Crippen LogP contribution in [0.5, 0.6) is 0 Å². The number of imide groups is 2. The van der Waals surface area contributed by atoms with Crippen LogP contribution in [0.1, 0.15) is 96.4 Å². The number of halogens is 1. The monoisotopic (exact) mass is 926 g/mol. The summed E-state index contributed by atoms with van der Waals surface area (Å²) < 4.78 is 43.7. The molecule has 0 bridgehead atoms. The van der Waals surface area contributed by atoms with E-state index in [4.69, 9.17) is 10.7 Å². The first-order valence-electron chi connectivity index (χ1n) is 22.2. The first-order valence-corrected chi connectivity index (χ1v) is 24.7. The Morgan fingerprint density at radius 2 is 1.66 bits per heavy atom. The Bertz CT molecular complexity index is 2670. The van der Waals surface area contributed by atoms with E-state index >= 15 is 4.39 Å². The van der Waals surface area contributed by atoms with E-state index in [1.54, 1.807) is 43.5 Å². The molecule has 17 nitrogen and oxygen atoms in total. The first-order chi connectivity index (χ1) is 31.2. The summed E-state index contributed by atoms with van der Waals surface area (Å²) in [6.45, 7) is 6.02. The van der Waals surface area contributed by atoms with Gasteiger partial charge in [-0.15, -0.1) is 11.3 Å². The highest BCUT2D eigenvalue weighted by molar-refractivity contribution is 7.92. The number of benzene rings is 2. The predicted octanol–water partition coefficient (Wildman–Crippen LogP) is 4.63. The first kappa shape index (κ1) is 44.3. The van der Waals surface area contributed by atoms with Gasteiger partial charge in [0.15, 0.2) is 5.82 Å². The number of nitrogens with two attached hydrogens (primary N) is 1. The number of aromatic nitrogens is 3. The van der Waals surface area contributed by atoms with Crippen molar-refractivity contribution in [1.29, 1.82) is 0 Å². The fourth-order valence-electron chi connectivity index (χ4n) is 9.97. The van der Waals surface area contributed by atoms with Gasteiger partial charge in [-0.25, -0.2) is 27.8 Å². The summed E-state index contributed by atoms with van der Waals surface area (Å²) in [7, 11) is -3.74. The maximum absolute atomic E-state index is 16.1. The number of hydrogen-bond donors (Lipinski definition) is 3. The van der Waals surface area contributed by atoms with Crippen LogP contribution >= 0.6 is 11.3 Å². The maximum atomic E-state index is 16.1. The van der Waals surface area contributed by atoms with Crippen LogP contribution in [-0.4, -0.2) is 125 Å². The van der Waals surface area contributed by atoms with Crippen LogP contribution in [0.2, 0.25) is 0 Å². The summed E-state index contributed by atoms with van der Waals surface area (Å²) in [5, 5.41) is 3.09. The summed E-state index contributed by atoms with van der Waals surface area (Å²) in [5.74, 6) is -2.65. The lowest BCUT2D eigenvalue weighted by molar-refractivity contribution is -0.137. The summed E-state index contributed by atoms with van der Waals surface area (Å²) in [4.78, 5) is 85.6. The minimum Gasteiger partial charge on any atom is -0.369 e. The van der Waals surface area contributed by atoms with Gasteiger partial charge in [0, 0.05) is 69.1 Å². The number of carbonyl (C=O) groups excluding carboxylic acids is 5. The SMILES string of the molecule is CCCS(=O)(=O)Nc1cccc(-c2nc(C3CCC4(CC3)CCN(C(=O)CN3CCN(c5ccc6c(c5)C(=O)N([C@@H]5CCC(=O)NC5=O)C6=O)CC3)CC4)sc2-c2ccnc(N)n2)c1F. The van der Waals surface area contributed by atoms with Gasteiger partial charge in [0.05, 0.1) is 50.4 Å². The lowest BCUT2D eigenvalue weighted by atomic mass is 9.65. The van der Waals surface area contributed by atoms with E-state index in [2.05, 4.69) is 29.8 Å². The highest BCUT2D eigenvalue weighted by Crippen LogP contribution is 2.51. The zero-order chi connectivity index (χ0) is 45.6. The Balaban J connectivity index is 0.788. The van der Waals surface area contributed by atoms with Gasteiger partial charge in [0.2, 0.25) is 33.7 Å². The molecule has 1 saturated carbocycles. The van der Waals surface area contributed by atoms with Gasteiger partial charge in [-0.05, 0) is 93.2 Å². The molecule has 1 spiro atoms. The number of nitrogens with one attached hydrogen (secondary N) is 2. The number of thiazole rings is 1. The van der Waals surface area contributed by atoms with Crippen LogP contribution in [0.4, 0.5) is 21.7 Å². The molecule has 2 aromatic carbocycles. The number of nitrogens with zero attached hydrogens (tertiary/aromatic N) is 7. The van der Waals surface area contributed by atoms with Crippen LogP contribution in [0.15, 0.2) is 48.7 Å². The van der Waals surface area contributed by atoms with Crippen molar-refractivity contribution in [3.05, 3.63) is 70.6 Å². The van der Waals surface area contributed by atoms with Crippen molar-refractivity contribution in [1.82, 2.24) is 35.0 Å². The molecule has 2 aromatic heterocycles. The number of amides is 5. The highest BCUT2D eigenvalue weighted by Gasteiger charge is 2.45. The third kappa shape index (κ3) is 8.94. The largest absolute Gasteiger partial charge is 0.369 e. The number of nitrogen functional groups attached to an aromatic ring is 1. The van der Waals surface area contributed by atoms with E-state index in [0.717, 1.165) is 54.1 Å². The second kappa shape index (κ2) is 17.8. The lowest BCUT2D eigenvalue weighted by Crippen LogP contribution is -2.54. The number of sulfonamides is 1. The third-order valence-corrected chi connectivity index (χ3v) is 16.4. The molecule has 65 heavy (non-hydrogen) atoms. The van der Waals surface area contributed by atoms with Crippen molar-refractivity contribution in [2.24, 2.45) is 5.41 Å². The Morgan fingerprint density at radius 1 is 0.923 bits per heavy atom. The van der Waals surface area contributed by atoms with Crippen molar-refractivity contribution in [2.45, 2.75) is 76.7 Å². The molecule has 1 aliphatic carbocycles. The number of carbonyl (C=O) groups is 5. The molecule has 20 heteroatoms. The molecule has 5 aliphatic rings. The maximum Gasteiger partial charge on any atom is 0.262 e. The molecule has 6 heterocycles. The van der Waals surface area contributed by atoms with E-state index < -0.39 is 45.5 Å². The van der Waals surface area contributed by atoms with Crippen LogP contribution in [-0.2, 0) is 24.4 Å². The number of fused-ring (bicyclic) bond motifs is 1. The number of piperidine rings is 2. The average molecular weight is 927 g/mol. The molecule has 3 saturated heterocycles. The van der Waals surface area contributed by atoms with Crippen molar-refractivity contribution in [2.75, 3.05) is 66.9 Å². The van der Waals surface area contributed by atoms with Gasteiger partial charge < -0.3 is 15.5 Å². The molecule has 0 radical (unpaired) electrons. The van der Waals surface area contributed by atoms with E-state index in [0.29, 0.717) is 68.5 Å².